The van der Waals surface area contributed by atoms with Crippen molar-refractivity contribution >= 4 is 110 Å². The van der Waals surface area contributed by atoms with Gasteiger partial charge in [0.1, 0.15) is 0 Å². The topological polar surface area (TPSA) is 15.3 Å². The Labute approximate surface area is 480 Å². The fraction of sp³-hybridized carbons (Fsp3) is 0.154. The van der Waals surface area contributed by atoms with Crippen LogP contribution >= 0.6 is 0 Å². The summed E-state index contributed by atoms with van der Waals surface area (Å²) < 4.78 is 5.16. The van der Waals surface area contributed by atoms with E-state index in [0.717, 1.165) is 22.7 Å². The highest BCUT2D eigenvalue weighted by molar-refractivity contribution is 6.32. The van der Waals surface area contributed by atoms with Crippen molar-refractivity contribution in [3.8, 4) is 22.3 Å². The lowest BCUT2D eigenvalue weighted by Gasteiger charge is -2.30. The van der Waals surface area contributed by atoms with Crippen molar-refractivity contribution in [2.24, 2.45) is 0 Å². The minimum atomic E-state index is 0.379. The van der Waals surface area contributed by atoms with E-state index in [0.29, 0.717) is 11.8 Å². The van der Waals surface area contributed by atoms with Gasteiger partial charge in [-0.25, -0.2) is 0 Å². The van der Waals surface area contributed by atoms with Gasteiger partial charge in [0.15, 0.2) is 0 Å². The summed E-state index contributed by atoms with van der Waals surface area (Å²) in [6.45, 7) is 22.7. The van der Waals surface area contributed by atoms with Gasteiger partial charge < -0.3 is 18.6 Å². The molecule has 0 aliphatic carbocycles. The lowest BCUT2D eigenvalue weighted by atomic mass is 9.94. The maximum Gasteiger partial charge on any atom is 0.0641 e. The van der Waals surface area contributed by atoms with Gasteiger partial charge in [-0.1, -0.05) is 149 Å². The SMILES string of the molecule is Cc1cc(N(c2ccc(C(C)C)cc2-c2ccccc2)c2ccc3c4cc5c(cc4n4c6ccccc6c2c34)c2ccc(N(c3cc(C)c(C)c(C)c3)c3ccc(C(C)C)cc3-c3ccccc3)c3c4ccccc4n5c23)cc(C)c1C. The van der Waals surface area contributed by atoms with Crippen molar-refractivity contribution in [2.45, 2.75) is 81.1 Å². The zero-order chi connectivity index (χ0) is 56.0. The van der Waals surface area contributed by atoms with Gasteiger partial charge in [-0.2, -0.15) is 0 Å². The maximum atomic E-state index is 2.58. The number of aromatic nitrogens is 2. The molecule has 398 valence electrons. The molecule has 82 heavy (non-hydrogen) atoms. The van der Waals surface area contributed by atoms with Crippen LogP contribution in [-0.4, -0.2) is 8.80 Å². The number of rotatable bonds is 10. The van der Waals surface area contributed by atoms with E-state index in [1.54, 1.807) is 0 Å². The summed E-state index contributed by atoms with van der Waals surface area (Å²) >= 11 is 0. The largest absolute Gasteiger partial charge is 0.309 e. The monoisotopic (exact) mass is 1060 g/mol. The number of hydrogen-bond acceptors (Lipinski definition) is 2. The summed E-state index contributed by atoms with van der Waals surface area (Å²) in [5, 5.41) is 10.00. The molecule has 0 aliphatic rings. The Hall–Kier alpha value is -9.38. The third-order valence-corrected chi connectivity index (χ3v) is 18.6. The summed E-state index contributed by atoms with van der Waals surface area (Å²) in [5.41, 5.74) is 29.6. The quantitative estimate of drug-likeness (QED) is 0.136. The molecule has 11 aromatic carbocycles. The average Bonchev–Trinajstić information content (AvgIpc) is 2.22. The lowest BCUT2D eigenvalue weighted by molar-refractivity contribution is 0.867. The minimum Gasteiger partial charge on any atom is -0.309 e. The van der Waals surface area contributed by atoms with Gasteiger partial charge >= 0.3 is 0 Å². The van der Waals surface area contributed by atoms with Crippen LogP contribution in [0.3, 0.4) is 0 Å². The number of fused-ring (bicyclic) bond motifs is 12. The molecule has 0 fully saturated rings. The number of anilines is 6. The van der Waals surface area contributed by atoms with E-state index in [2.05, 4.69) is 294 Å². The molecule has 4 aromatic heterocycles. The fourth-order valence-electron chi connectivity index (χ4n) is 13.9. The van der Waals surface area contributed by atoms with Crippen molar-refractivity contribution in [3.63, 3.8) is 0 Å². The number of nitrogens with zero attached hydrogens (tertiary/aromatic N) is 4. The molecule has 15 rings (SSSR count). The predicted molar refractivity (Wildman–Crippen MR) is 353 cm³/mol. The van der Waals surface area contributed by atoms with Gasteiger partial charge in [-0.3, -0.25) is 0 Å². The van der Waals surface area contributed by atoms with Gasteiger partial charge in [0.2, 0.25) is 0 Å². The number of aryl methyl sites for hydroxylation is 4. The zero-order valence-electron chi connectivity index (χ0n) is 48.6. The Kier molecular flexibility index (Phi) is 11.3. The van der Waals surface area contributed by atoms with Crippen molar-refractivity contribution in [1.82, 2.24) is 8.80 Å². The first-order valence-electron chi connectivity index (χ1n) is 29.3. The van der Waals surface area contributed by atoms with Crippen LogP contribution < -0.4 is 9.80 Å². The number of hydrogen-bond donors (Lipinski definition) is 0. The summed E-state index contributed by atoms with van der Waals surface area (Å²) in [6, 6.07) is 78.7. The second-order valence-corrected chi connectivity index (χ2v) is 24.0. The van der Waals surface area contributed by atoms with Crippen LogP contribution in [0.4, 0.5) is 34.1 Å². The van der Waals surface area contributed by atoms with E-state index in [4.69, 9.17) is 0 Å². The van der Waals surface area contributed by atoms with Crippen LogP contribution in [0.5, 0.6) is 0 Å². The van der Waals surface area contributed by atoms with Gasteiger partial charge in [-0.05, 0) is 194 Å². The zero-order valence-corrected chi connectivity index (χ0v) is 48.6. The molecule has 0 amide bonds. The molecule has 4 heteroatoms. The molecule has 0 atom stereocenters. The predicted octanol–water partition coefficient (Wildman–Crippen LogP) is 22.4. The normalized spacial score (nSPS) is 12.2. The highest BCUT2D eigenvalue weighted by atomic mass is 15.2. The van der Waals surface area contributed by atoms with Crippen molar-refractivity contribution in [2.75, 3.05) is 9.80 Å². The second kappa shape index (κ2) is 18.6. The van der Waals surface area contributed by atoms with E-state index in [1.807, 2.05) is 0 Å². The molecule has 4 heterocycles. The molecule has 0 saturated carbocycles. The van der Waals surface area contributed by atoms with E-state index in [9.17, 15) is 0 Å². The van der Waals surface area contributed by atoms with Crippen LogP contribution in [-0.2, 0) is 0 Å². The first-order valence-corrected chi connectivity index (χ1v) is 29.3. The lowest BCUT2D eigenvalue weighted by Crippen LogP contribution is -2.13. The smallest absolute Gasteiger partial charge is 0.0641 e. The summed E-state index contributed by atoms with van der Waals surface area (Å²) in [6.07, 6.45) is 0. The Morgan fingerprint density at radius 2 is 0.659 bits per heavy atom. The van der Waals surface area contributed by atoms with Crippen LogP contribution in [0, 0.1) is 41.5 Å². The third kappa shape index (κ3) is 7.29. The highest BCUT2D eigenvalue weighted by Gasteiger charge is 2.30. The van der Waals surface area contributed by atoms with Crippen LogP contribution in [0.2, 0.25) is 0 Å². The molecule has 0 saturated heterocycles. The minimum absolute atomic E-state index is 0.379. The molecular formula is C78H66N4. The molecule has 0 aliphatic heterocycles. The van der Waals surface area contributed by atoms with Crippen LogP contribution in [0.25, 0.3) is 98.4 Å². The van der Waals surface area contributed by atoms with Gasteiger partial charge in [0, 0.05) is 65.6 Å². The Bertz CT molecular complexity index is 4690. The van der Waals surface area contributed by atoms with Crippen molar-refractivity contribution < 1.29 is 0 Å². The molecular weight excluding hydrogens is 993 g/mol. The van der Waals surface area contributed by atoms with Gasteiger partial charge in [0.05, 0.1) is 55.8 Å². The first kappa shape index (κ1) is 49.6. The van der Waals surface area contributed by atoms with E-state index in [-0.39, 0.29) is 0 Å². The van der Waals surface area contributed by atoms with Gasteiger partial charge in [-0.15, -0.1) is 0 Å². The third-order valence-electron chi connectivity index (χ3n) is 18.6. The molecule has 0 bridgehead atoms. The molecule has 15 aromatic rings. The fourth-order valence-corrected chi connectivity index (χ4v) is 13.9. The number of para-hydroxylation sites is 2. The first-order chi connectivity index (χ1) is 39.8. The van der Waals surface area contributed by atoms with E-state index >= 15 is 0 Å². The molecule has 4 nitrogen and oxygen atoms in total. The Balaban J connectivity index is 1.02. The second-order valence-electron chi connectivity index (χ2n) is 24.0. The molecule has 0 N–H and O–H groups in total. The summed E-state index contributed by atoms with van der Waals surface area (Å²) in [4.78, 5) is 5.12. The Morgan fingerprint density at radius 3 is 1.04 bits per heavy atom. The molecule has 0 radical (unpaired) electrons. The molecule has 0 spiro atoms. The van der Waals surface area contributed by atoms with Crippen molar-refractivity contribution in [1.29, 1.82) is 0 Å². The van der Waals surface area contributed by atoms with Crippen molar-refractivity contribution in [3.05, 3.63) is 251 Å². The Morgan fingerprint density at radius 1 is 0.305 bits per heavy atom. The molecule has 0 unspecified atom stereocenters. The summed E-state index contributed by atoms with van der Waals surface area (Å²) in [5.74, 6) is 0.758. The summed E-state index contributed by atoms with van der Waals surface area (Å²) in [7, 11) is 0. The maximum absolute atomic E-state index is 2.58. The number of benzene rings is 11. The van der Waals surface area contributed by atoms with Crippen LogP contribution in [0.1, 0.15) is 84.0 Å². The standard InChI is InChI=1S/C78H66N4/c1-45(2)55-29-33-69(63(41-55)53-21-13-11-14-22-53)79(57-37-47(5)51(9)48(6)38-57)71-35-31-59-65-43-74-66(44-73(65)81-67-27-19-17-25-61(67)75(71)77(59)81)60-32-36-72(76-62-26-18-20-28-68(62)82(74)78(60)76)80(58-39-49(7)52(10)50(8)40-58)70-34-30-56(46(3)4)42-64(70)54-23-15-12-16-24-54/h11-46H,1-10H3. The van der Waals surface area contributed by atoms with Crippen LogP contribution in [0.15, 0.2) is 206 Å². The van der Waals surface area contributed by atoms with Gasteiger partial charge in [0.25, 0.3) is 0 Å². The van der Waals surface area contributed by atoms with E-state index < -0.39 is 0 Å². The average molecular weight is 1060 g/mol. The highest BCUT2D eigenvalue weighted by Crippen LogP contribution is 2.53. The van der Waals surface area contributed by atoms with E-state index in [1.165, 1.54) is 154 Å².